The van der Waals surface area contributed by atoms with E-state index in [0.29, 0.717) is 12.6 Å². The predicted molar refractivity (Wildman–Crippen MR) is 59.7 cm³/mol. The molecule has 7 nitrogen and oxygen atoms in total. The summed E-state index contributed by atoms with van der Waals surface area (Å²) < 4.78 is 4.80. The second-order valence-corrected chi connectivity index (χ2v) is 3.55. The highest BCUT2D eigenvalue weighted by atomic mass is 16.5. The molecule has 0 fully saturated rings. The average Bonchev–Trinajstić information content (AvgIpc) is 2.17. The van der Waals surface area contributed by atoms with Gasteiger partial charge in [-0.15, -0.1) is 0 Å². The quantitative estimate of drug-likeness (QED) is 0.535. The van der Waals surface area contributed by atoms with Crippen LogP contribution in [0.5, 0.6) is 0 Å². The smallest absolute Gasteiger partial charge is 0.414 e. The topological polar surface area (TPSA) is 104 Å². The Morgan fingerprint density at radius 2 is 1.59 bits per heavy atom. The lowest BCUT2D eigenvalue weighted by atomic mass is 10.2. The first-order valence-corrected chi connectivity index (χ1v) is 4.94. The second-order valence-electron chi connectivity index (χ2n) is 3.55. The Morgan fingerprint density at radius 3 is 1.82 bits per heavy atom. The molecular weight excluding hydrogens is 230 g/mol. The fourth-order valence-electron chi connectivity index (χ4n) is 0.631. The number of aliphatic carboxylic acids is 2. The molecule has 0 amide bonds. The van der Waals surface area contributed by atoms with Crippen molar-refractivity contribution in [3.63, 3.8) is 0 Å². The van der Waals surface area contributed by atoms with Crippen molar-refractivity contribution >= 4 is 17.9 Å². The number of ether oxygens (including phenoxy) is 1. The minimum Gasteiger partial charge on any atom is -0.473 e. The molecule has 0 aromatic rings. The fourth-order valence-corrected chi connectivity index (χ4v) is 0.631. The van der Waals surface area contributed by atoms with E-state index in [1.54, 1.807) is 0 Å². The van der Waals surface area contributed by atoms with Crippen LogP contribution in [0.15, 0.2) is 0 Å². The lowest BCUT2D eigenvalue weighted by Crippen LogP contribution is -2.26. The molecule has 1 unspecified atom stereocenters. The van der Waals surface area contributed by atoms with Gasteiger partial charge in [-0.2, -0.15) is 0 Å². The molecule has 0 aliphatic heterocycles. The molecule has 17 heavy (non-hydrogen) atoms. The summed E-state index contributed by atoms with van der Waals surface area (Å²) in [6, 6.07) is 0.467. The first kappa shape index (κ1) is 17.8. The van der Waals surface area contributed by atoms with E-state index in [1.165, 1.54) is 6.92 Å². The van der Waals surface area contributed by atoms with Crippen molar-refractivity contribution in [3.05, 3.63) is 0 Å². The first-order valence-electron chi connectivity index (χ1n) is 4.94. The number of nitrogens with zero attached hydrogens (tertiary/aromatic N) is 1. The number of carboxylic acid groups (broad SMARTS) is 2. The van der Waals surface area contributed by atoms with Gasteiger partial charge < -0.3 is 19.8 Å². The number of carboxylic acids is 2. The molecular formula is C10H19NO6. The van der Waals surface area contributed by atoms with Crippen molar-refractivity contribution in [3.8, 4) is 0 Å². The van der Waals surface area contributed by atoms with E-state index in [9.17, 15) is 4.79 Å². The van der Waals surface area contributed by atoms with Crippen LogP contribution < -0.4 is 0 Å². The minimum absolute atomic E-state index is 0.198. The Morgan fingerprint density at radius 1 is 1.18 bits per heavy atom. The van der Waals surface area contributed by atoms with Gasteiger partial charge in [-0.25, -0.2) is 9.59 Å². The molecule has 0 saturated carbocycles. The molecule has 1 atom stereocenters. The van der Waals surface area contributed by atoms with Crippen LogP contribution in [0.4, 0.5) is 0 Å². The van der Waals surface area contributed by atoms with Crippen LogP contribution in [0.25, 0.3) is 0 Å². The van der Waals surface area contributed by atoms with Crippen molar-refractivity contribution in [2.24, 2.45) is 0 Å². The third-order valence-corrected chi connectivity index (χ3v) is 1.91. The molecule has 0 heterocycles. The van der Waals surface area contributed by atoms with E-state index < -0.39 is 11.9 Å². The molecule has 2 N–H and O–H groups in total. The summed E-state index contributed by atoms with van der Waals surface area (Å²) in [5.41, 5.74) is 0. The molecule has 0 aromatic heterocycles. The Hall–Kier alpha value is -1.63. The van der Waals surface area contributed by atoms with Crippen LogP contribution in [0.2, 0.25) is 0 Å². The number of esters is 1. The van der Waals surface area contributed by atoms with E-state index in [2.05, 4.69) is 11.8 Å². The lowest BCUT2D eigenvalue weighted by Gasteiger charge is -2.18. The van der Waals surface area contributed by atoms with Crippen LogP contribution in [0.1, 0.15) is 20.3 Å². The Kier molecular flexibility index (Phi) is 10.0. The standard InChI is InChI=1S/C8H17NO2.C2H2O4/c1-7(9(3)4)5-6-11-8(2)10;3-1(4)2(5)6/h7H,5-6H2,1-4H3;(H,3,4)(H,5,6). The van der Waals surface area contributed by atoms with E-state index >= 15 is 0 Å². The summed E-state index contributed by atoms with van der Waals surface area (Å²) in [4.78, 5) is 30.7. The summed E-state index contributed by atoms with van der Waals surface area (Å²) in [5, 5.41) is 14.8. The summed E-state index contributed by atoms with van der Waals surface area (Å²) in [6.45, 7) is 4.05. The Bertz CT molecular complexity index is 252. The molecule has 0 radical (unpaired) electrons. The molecule has 100 valence electrons. The van der Waals surface area contributed by atoms with Gasteiger partial charge in [0, 0.05) is 13.0 Å². The van der Waals surface area contributed by atoms with Crippen molar-refractivity contribution in [2.75, 3.05) is 20.7 Å². The van der Waals surface area contributed by atoms with Gasteiger partial charge in [0.15, 0.2) is 0 Å². The van der Waals surface area contributed by atoms with Crippen LogP contribution in [0.3, 0.4) is 0 Å². The summed E-state index contributed by atoms with van der Waals surface area (Å²) in [6.07, 6.45) is 0.895. The number of hydrogen-bond donors (Lipinski definition) is 2. The van der Waals surface area contributed by atoms with Crippen molar-refractivity contribution in [2.45, 2.75) is 26.3 Å². The zero-order valence-electron chi connectivity index (χ0n) is 10.5. The van der Waals surface area contributed by atoms with Gasteiger partial charge >= 0.3 is 17.9 Å². The van der Waals surface area contributed by atoms with E-state index in [4.69, 9.17) is 24.5 Å². The monoisotopic (exact) mass is 249 g/mol. The Labute approximate surface area is 100.0 Å². The first-order chi connectivity index (χ1) is 7.68. The van der Waals surface area contributed by atoms with Gasteiger partial charge in [0.1, 0.15) is 0 Å². The second kappa shape index (κ2) is 9.59. The van der Waals surface area contributed by atoms with E-state index in [1.807, 2.05) is 14.1 Å². The maximum absolute atomic E-state index is 10.4. The van der Waals surface area contributed by atoms with Crippen LogP contribution >= 0.6 is 0 Å². The van der Waals surface area contributed by atoms with Crippen LogP contribution in [0, 0.1) is 0 Å². The average molecular weight is 249 g/mol. The normalized spacial score (nSPS) is 11.1. The molecule has 7 heteroatoms. The lowest BCUT2D eigenvalue weighted by molar-refractivity contribution is -0.159. The van der Waals surface area contributed by atoms with E-state index in [-0.39, 0.29) is 5.97 Å². The number of hydrogen-bond acceptors (Lipinski definition) is 5. The third-order valence-electron chi connectivity index (χ3n) is 1.91. The highest BCUT2D eigenvalue weighted by Gasteiger charge is 2.04. The molecule has 0 spiro atoms. The fraction of sp³-hybridized carbons (Fsp3) is 0.700. The van der Waals surface area contributed by atoms with Gasteiger partial charge in [0.05, 0.1) is 6.61 Å². The van der Waals surface area contributed by atoms with Crippen LogP contribution in [-0.4, -0.2) is 59.8 Å². The minimum atomic E-state index is -1.82. The number of carbonyl (C=O) groups is 3. The van der Waals surface area contributed by atoms with Crippen molar-refractivity contribution in [1.82, 2.24) is 4.90 Å². The molecule has 0 saturated heterocycles. The number of rotatable bonds is 4. The van der Waals surface area contributed by atoms with Gasteiger partial charge in [0.25, 0.3) is 0 Å². The van der Waals surface area contributed by atoms with Gasteiger partial charge in [-0.3, -0.25) is 4.79 Å². The summed E-state index contributed by atoms with van der Waals surface area (Å²) in [5.74, 6) is -3.85. The van der Waals surface area contributed by atoms with E-state index in [0.717, 1.165) is 6.42 Å². The highest BCUT2D eigenvalue weighted by molar-refractivity contribution is 6.27. The zero-order chi connectivity index (χ0) is 14.0. The SMILES string of the molecule is CC(=O)OCCC(C)N(C)C.O=C(O)C(=O)O. The molecule has 0 aromatic carbocycles. The Balaban J connectivity index is 0. The van der Waals surface area contributed by atoms with Gasteiger partial charge in [0.2, 0.25) is 0 Å². The third kappa shape index (κ3) is 14.4. The maximum Gasteiger partial charge on any atom is 0.414 e. The van der Waals surface area contributed by atoms with Gasteiger partial charge in [-0.1, -0.05) is 0 Å². The number of carbonyl (C=O) groups excluding carboxylic acids is 1. The highest BCUT2D eigenvalue weighted by Crippen LogP contribution is 1.97. The summed E-state index contributed by atoms with van der Waals surface area (Å²) >= 11 is 0. The molecule has 0 rings (SSSR count). The largest absolute Gasteiger partial charge is 0.473 e. The van der Waals surface area contributed by atoms with Gasteiger partial charge in [-0.05, 0) is 27.4 Å². The zero-order valence-corrected chi connectivity index (χ0v) is 10.5. The van der Waals surface area contributed by atoms with Crippen molar-refractivity contribution in [1.29, 1.82) is 0 Å². The van der Waals surface area contributed by atoms with Crippen LogP contribution in [-0.2, 0) is 19.1 Å². The van der Waals surface area contributed by atoms with Crippen molar-refractivity contribution < 1.29 is 29.3 Å². The predicted octanol–water partition coefficient (Wildman–Crippen LogP) is 0.0453. The summed E-state index contributed by atoms with van der Waals surface area (Å²) in [7, 11) is 4.02. The molecule has 0 bridgehead atoms. The molecule has 0 aliphatic carbocycles. The molecule has 0 aliphatic rings. The maximum atomic E-state index is 10.4.